The van der Waals surface area contributed by atoms with E-state index in [1.165, 1.54) is 38.8 Å². The van der Waals surface area contributed by atoms with Crippen LogP contribution in [0.3, 0.4) is 0 Å². The number of hydrogen-bond acceptors (Lipinski definition) is 3. The van der Waals surface area contributed by atoms with Gasteiger partial charge < -0.3 is 15.0 Å². The summed E-state index contributed by atoms with van der Waals surface area (Å²) in [5.41, 5.74) is 0. The van der Waals surface area contributed by atoms with E-state index in [1.807, 2.05) is 0 Å². The normalized spacial score (nSPS) is 27.1. The molecular weight excluding hydrogens is 248 g/mol. The maximum Gasteiger partial charge on any atom is 0.0707 e. The summed E-state index contributed by atoms with van der Waals surface area (Å²) in [5, 5.41) is 3.60. The molecule has 2 fully saturated rings. The predicted molar refractivity (Wildman–Crippen MR) is 85.0 cm³/mol. The van der Waals surface area contributed by atoms with Crippen LogP contribution in [0.1, 0.15) is 53.4 Å². The molecule has 0 bridgehead atoms. The molecule has 0 amide bonds. The van der Waals surface area contributed by atoms with Gasteiger partial charge in [0, 0.05) is 32.2 Å². The summed E-state index contributed by atoms with van der Waals surface area (Å²) in [7, 11) is 0. The maximum atomic E-state index is 6.23. The molecule has 1 heterocycles. The van der Waals surface area contributed by atoms with Gasteiger partial charge in [-0.25, -0.2) is 0 Å². The highest BCUT2D eigenvalue weighted by Crippen LogP contribution is 2.23. The van der Waals surface area contributed by atoms with Crippen molar-refractivity contribution in [2.75, 3.05) is 26.2 Å². The lowest BCUT2D eigenvalue weighted by atomic mass is 10.1. The topological polar surface area (TPSA) is 24.5 Å². The molecule has 2 unspecified atom stereocenters. The zero-order chi connectivity index (χ0) is 14.5. The average molecular weight is 282 g/mol. The highest BCUT2D eigenvalue weighted by atomic mass is 16.5. The van der Waals surface area contributed by atoms with E-state index in [4.69, 9.17) is 4.74 Å². The minimum Gasteiger partial charge on any atom is -0.372 e. The van der Waals surface area contributed by atoms with E-state index in [-0.39, 0.29) is 0 Å². The predicted octanol–water partition coefficient (Wildman–Crippen LogP) is 2.90. The van der Waals surface area contributed by atoms with Crippen molar-refractivity contribution in [2.24, 2.45) is 11.8 Å². The van der Waals surface area contributed by atoms with Crippen molar-refractivity contribution in [1.29, 1.82) is 0 Å². The molecule has 0 aromatic carbocycles. The van der Waals surface area contributed by atoms with E-state index < -0.39 is 0 Å². The van der Waals surface area contributed by atoms with Gasteiger partial charge in [0.15, 0.2) is 0 Å². The van der Waals surface area contributed by atoms with Gasteiger partial charge in [-0.15, -0.1) is 0 Å². The summed E-state index contributed by atoms with van der Waals surface area (Å²) in [4.78, 5) is 2.61. The van der Waals surface area contributed by atoms with Crippen molar-refractivity contribution in [3.63, 3.8) is 0 Å². The van der Waals surface area contributed by atoms with Crippen LogP contribution in [-0.4, -0.2) is 49.3 Å². The van der Waals surface area contributed by atoms with Gasteiger partial charge in [-0.05, 0) is 37.5 Å². The largest absolute Gasteiger partial charge is 0.372 e. The van der Waals surface area contributed by atoms with E-state index in [2.05, 4.69) is 37.9 Å². The van der Waals surface area contributed by atoms with Gasteiger partial charge >= 0.3 is 0 Å². The smallest absolute Gasteiger partial charge is 0.0707 e. The van der Waals surface area contributed by atoms with Gasteiger partial charge in [0.1, 0.15) is 0 Å². The van der Waals surface area contributed by atoms with Crippen molar-refractivity contribution < 1.29 is 4.74 Å². The molecule has 1 saturated carbocycles. The van der Waals surface area contributed by atoms with Crippen LogP contribution in [0.4, 0.5) is 0 Å². The van der Waals surface area contributed by atoms with Crippen LogP contribution in [0.15, 0.2) is 0 Å². The second kappa shape index (κ2) is 7.77. The molecule has 1 N–H and O–H groups in total. The monoisotopic (exact) mass is 282 g/mol. The second-order valence-corrected chi connectivity index (χ2v) is 7.65. The Balaban J connectivity index is 1.69. The van der Waals surface area contributed by atoms with E-state index >= 15 is 0 Å². The van der Waals surface area contributed by atoms with Crippen LogP contribution < -0.4 is 5.32 Å². The third kappa shape index (κ3) is 6.11. The van der Waals surface area contributed by atoms with E-state index in [9.17, 15) is 0 Å². The van der Waals surface area contributed by atoms with Gasteiger partial charge in [0.25, 0.3) is 0 Å². The highest BCUT2D eigenvalue weighted by molar-refractivity contribution is 4.84. The zero-order valence-electron chi connectivity index (χ0n) is 13.9. The summed E-state index contributed by atoms with van der Waals surface area (Å²) in [6.07, 6.45) is 6.13. The van der Waals surface area contributed by atoms with Crippen LogP contribution in [0.25, 0.3) is 0 Å². The fourth-order valence-electron chi connectivity index (χ4n) is 3.19. The Labute approximate surface area is 125 Å². The first-order valence-electron chi connectivity index (χ1n) is 8.64. The van der Waals surface area contributed by atoms with Crippen LogP contribution in [0.2, 0.25) is 0 Å². The van der Waals surface area contributed by atoms with Gasteiger partial charge in [-0.2, -0.15) is 0 Å². The molecule has 0 radical (unpaired) electrons. The summed E-state index contributed by atoms with van der Waals surface area (Å²) in [5.74, 6) is 1.48. The first kappa shape index (κ1) is 16.3. The van der Waals surface area contributed by atoms with Crippen molar-refractivity contribution in [3.8, 4) is 0 Å². The number of nitrogens with zero attached hydrogens (tertiary/aromatic N) is 1. The summed E-state index contributed by atoms with van der Waals surface area (Å²) in [6.45, 7) is 13.8. The van der Waals surface area contributed by atoms with Gasteiger partial charge in [0.2, 0.25) is 0 Å². The Morgan fingerprint density at radius 2 is 1.55 bits per heavy atom. The standard InChI is InChI=1S/C17H34N2O/c1-13(2)10-19(11-14(3)4)12-17-8-7-16(20-17)9-18-15-5-6-15/h13-18H,5-12H2,1-4H3. The fourth-order valence-corrected chi connectivity index (χ4v) is 3.19. The van der Waals surface area contributed by atoms with E-state index in [0.717, 1.165) is 31.0 Å². The molecule has 1 saturated heterocycles. The van der Waals surface area contributed by atoms with Gasteiger partial charge in [-0.3, -0.25) is 0 Å². The van der Waals surface area contributed by atoms with Crippen molar-refractivity contribution in [3.05, 3.63) is 0 Å². The first-order valence-corrected chi connectivity index (χ1v) is 8.64. The number of nitrogens with one attached hydrogen (secondary N) is 1. The molecule has 2 aliphatic rings. The summed E-state index contributed by atoms with van der Waals surface area (Å²) >= 11 is 0. The number of ether oxygens (including phenoxy) is 1. The Morgan fingerprint density at radius 3 is 2.10 bits per heavy atom. The lowest BCUT2D eigenvalue weighted by Crippen LogP contribution is -2.38. The van der Waals surface area contributed by atoms with Crippen molar-refractivity contribution in [2.45, 2.75) is 71.6 Å². The number of hydrogen-bond donors (Lipinski definition) is 1. The van der Waals surface area contributed by atoms with Crippen LogP contribution >= 0.6 is 0 Å². The Kier molecular flexibility index (Phi) is 6.31. The summed E-state index contributed by atoms with van der Waals surface area (Å²) in [6, 6.07) is 0.802. The summed E-state index contributed by atoms with van der Waals surface area (Å²) < 4.78 is 6.23. The third-order valence-corrected chi connectivity index (χ3v) is 4.12. The Hall–Kier alpha value is -0.120. The van der Waals surface area contributed by atoms with Crippen LogP contribution in [0, 0.1) is 11.8 Å². The van der Waals surface area contributed by atoms with Gasteiger partial charge in [0.05, 0.1) is 12.2 Å². The quantitative estimate of drug-likeness (QED) is 0.704. The maximum absolute atomic E-state index is 6.23. The molecule has 1 aliphatic heterocycles. The molecule has 0 aromatic rings. The average Bonchev–Trinajstić information content (AvgIpc) is 3.06. The van der Waals surface area contributed by atoms with Crippen LogP contribution in [0.5, 0.6) is 0 Å². The minimum atomic E-state index is 0.457. The molecule has 118 valence electrons. The number of rotatable bonds is 9. The second-order valence-electron chi connectivity index (χ2n) is 7.65. The highest BCUT2D eigenvalue weighted by Gasteiger charge is 2.29. The Bertz CT molecular complexity index is 266. The molecule has 3 nitrogen and oxygen atoms in total. The van der Waals surface area contributed by atoms with E-state index in [1.54, 1.807) is 0 Å². The molecular formula is C17H34N2O. The lowest BCUT2D eigenvalue weighted by molar-refractivity contribution is 0.0190. The van der Waals surface area contributed by atoms with Gasteiger partial charge in [-0.1, -0.05) is 27.7 Å². The molecule has 20 heavy (non-hydrogen) atoms. The fraction of sp³-hybridized carbons (Fsp3) is 1.00. The lowest BCUT2D eigenvalue weighted by Gasteiger charge is -2.28. The molecule has 0 aromatic heterocycles. The SMILES string of the molecule is CC(C)CN(CC(C)C)CC1CCC(CNC2CC2)O1. The molecule has 2 rings (SSSR count). The van der Waals surface area contributed by atoms with Crippen LogP contribution in [-0.2, 0) is 4.74 Å². The minimum absolute atomic E-state index is 0.457. The van der Waals surface area contributed by atoms with E-state index in [0.29, 0.717) is 12.2 Å². The Morgan fingerprint density at radius 1 is 0.950 bits per heavy atom. The zero-order valence-corrected chi connectivity index (χ0v) is 13.9. The first-order chi connectivity index (χ1) is 9.52. The molecule has 1 aliphatic carbocycles. The molecule has 3 heteroatoms. The van der Waals surface area contributed by atoms with Crippen molar-refractivity contribution in [1.82, 2.24) is 10.2 Å². The molecule has 2 atom stereocenters. The van der Waals surface area contributed by atoms with Crippen molar-refractivity contribution >= 4 is 0 Å². The third-order valence-electron chi connectivity index (χ3n) is 4.12. The molecule has 0 spiro atoms.